The van der Waals surface area contributed by atoms with Gasteiger partial charge in [-0.1, -0.05) is 57.2 Å². The highest BCUT2D eigenvalue weighted by molar-refractivity contribution is 5.99. The van der Waals surface area contributed by atoms with Gasteiger partial charge in [-0.2, -0.15) is 0 Å². The smallest absolute Gasteiger partial charge is 0.343 e. The summed E-state index contributed by atoms with van der Waals surface area (Å²) in [4.78, 5) is 24.5. The van der Waals surface area contributed by atoms with Gasteiger partial charge in [-0.15, -0.1) is 0 Å². The van der Waals surface area contributed by atoms with Crippen LogP contribution >= 0.6 is 0 Å². The van der Waals surface area contributed by atoms with Crippen LogP contribution in [-0.2, 0) is 0 Å². The first-order chi connectivity index (χ1) is 15.2. The topological polar surface area (TPSA) is 52.6 Å². The minimum atomic E-state index is -0.457. The molecule has 0 unspecified atom stereocenters. The van der Waals surface area contributed by atoms with Gasteiger partial charge in [-0.05, 0) is 67.8 Å². The van der Waals surface area contributed by atoms with Crippen molar-refractivity contribution in [1.82, 2.24) is 0 Å². The summed E-state index contributed by atoms with van der Waals surface area (Å²) >= 11 is 0. The summed E-state index contributed by atoms with van der Waals surface area (Å²) in [5.41, 5.74) is 2.87. The maximum absolute atomic E-state index is 12.4. The number of rotatable bonds is 8. The minimum Gasteiger partial charge on any atom is -0.488 e. The van der Waals surface area contributed by atoms with E-state index in [0.717, 1.165) is 23.3 Å². The van der Waals surface area contributed by atoms with Crippen LogP contribution in [0.1, 0.15) is 61.8 Å². The molecule has 0 heterocycles. The molecule has 0 aliphatic heterocycles. The molecule has 3 aromatic carbocycles. The normalized spacial score (nSPS) is 11.3. The van der Waals surface area contributed by atoms with Crippen LogP contribution in [0.3, 0.4) is 0 Å². The molecule has 0 spiro atoms. The Bertz CT molecular complexity index is 1060. The molecule has 0 saturated heterocycles. The molecule has 0 N–H and O–H groups in total. The quantitative estimate of drug-likeness (QED) is 0.220. The predicted molar refractivity (Wildman–Crippen MR) is 127 cm³/mol. The number of Topliss-reactive ketones (excluding diaryl/α,β-unsaturated/α-hetero) is 1. The van der Waals surface area contributed by atoms with E-state index in [1.807, 2.05) is 50.2 Å². The summed E-state index contributed by atoms with van der Waals surface area (Å²) in [6.45, 7) is 9.94. The summed E-state index contributed by atoms with van der Waals surface area (Å²) in [6, 6.07) is 21.9. The van der Waals surface area contributed by atoms with Gasteiger partial charge in [0.05, 0.1) is 5.56 Å². The van der Waals surface area contributed by atoms with Gasteiger partial charge in [-0.3, -0.25) is 4.79 Å². The van der Waals surface area contributed by atoms with Crippen LogP contribution in [-0.4, -0.2) is 17.4 Å². The number of ketones is 1. The summed E-state index contributed by atoms with van der Waals surface area (Å²) in [5, 5.41) is 0. The SMILES string of the molecule is CCC(C)(C)Oc1ccc(-c2ccc(OC(=O)c3ccc(C(=O)C(C)C)cc3)cc2)cc1. The molecule has 0 fully saturated rings. The zero-order valence-corrected chi connectivity index (χ0v) is 19.3. The standard InChI is InChI=1S/C28H30O4/c1-6-28(4,5)32-25-17-13-21(14-18-25)20-11-15-24(16-12-20)31-27(30)23-9-7-22(8-10-23)26(29)19(2)3/h7-19H,6H2,1-5H3. The van der Waals surface area contributed by atoms with Gasteiger partial charge in [0, 0.05) is 11.5 Å². The highest BCUT2D eigenvalue weighted by Gasteiger charge is 2.17. The maximum atomic E-state index is 12.4. The Morgan fingerprint density at radius 3 is 1.69 bits per heavy atom. The van der Waals surface area contributed by atoms with Crippen molar-refractivity contribution in [2.75, 3.05) is 0 Å². The van der Waals surface area contributed by atoms with Crippen molar-refractivity contribution in [1.29, 1.82) is 0 Å². The Morgan fingerprint density at radius 2 is 1.22 bits per heavy atom. The number of ether oxygens (including phenoxy) is 2. The van der Waals surface area contributed by atoms with Gasteiger partial charge in [0.25, 0.3) is 0 Å². The van der Waals surface area contributed by atoms with E-state index >= 15 is 0 Å². The fraction of sp³-hybridized carbons (Fsp3) is 0.286. The number of hydrogen-bond donors (Lipinski definition) is 0. The van der Waals surface area contributed by atoms with E-state index < -0.39 is 5.97 Å². The van der Waals surface area contributed by atoms with Crippen LogP contribution in [0.2, 0.25) is 0 Å². The van der Waals surface area contributed by atoms with Crippen molar-refractivity contribution in [2.24, 2.45) is 5.92 Å². The van der Waals surface area contributed by atoms with E-state index in [1.165, 1.54) is 0 Å². The number of carbonyl (C=O) groups excluding carboxylic acids is 2. The molecule has 0 atom stereocenters. The molecule has 4 heteroatoms. The Kier molecular flexibility index (Phi) is 7.14. The molecule has 4 nitrogen and oxygen atoms in total. The molecule has 3 rings (SSSR count). The van der Waals surface area contributed by atoms with Crippen LogP contribution in [0.25, 0.3) is 11.1 Å². The Hall–Kier alpha value is -3.40. The summed E-state index contributed by atoms with van der Waals surface area (Å²) in [7, 11) is 0. The molecule has 0 radical (unpaired) electrons. The molecule has 32 heavy (non-hydrogen) atoms. The van der Waals surface area contributed by atoms with Crippen LogP contribution in [0.5, 0.6) is 11.5 Å². The summed E-state index contributed by atoms with van der Waals surface area (Å²) in [6.07, 6.45) is 0.926. The lowest BCUT2D eigenvalue weighted by atomic mass is 10.0. The number of esters is 1. The third-order valence-electron chi connectivity index (χ3n) is 5.43. The maximum Gasteiger partial charge on any atom is 0.343 e. The van der Waals surface area contributed by atoms with Crippen molar-refractivity contribution < 1.29 is 19.1 Å². The molecule has 0 bridgehead atoms. The fourth-order valence-corrected chi connectivity index (χ4v) is 3.09. The van der Waals surface area contributed by atoms with Gasteiger partial charge >= 0.3 is 5.97 Å². The van der Waals surface area contributed by atoms with E-state index in [4.69, 9.17) is 9.47 Å². The van der Waals surface area contributed by atoms with E-state index in [9.17, 15) is 9.59 Å². The lowest BCUT2D eigenvalue weighted by molar-refractivity contribution is 0.0734. The fourth-order valence-electron chi connectivity index (χ4n) is 3.09. The predicted octanol–water partition coefficient (Wildman–Crippen LogP) is 6.98. The summed E-state index contributed by atoms with van der Waals surface area (Å²) in [5.74, 6) is 0.812. The van der Waals surface area contributed by atoms with Gasteiger partial charge in [0.15, 0.2) is 5.78 Å². The number of hydrogen-bond acceptors (Lipinski definition) is 4. The molecule has 0 aliphatic carbocycles. The molecular formula is C28H30O4. The second-order valence-electron chi connectivity index (χ2n) is 8.75. The summed E-state index contributed by atoms with van der Waals surface area (Å²) < 4.78 is 11.5. The Balaban J connectivity index is 1.64. The molecule has 0 aliphatic rings. The zero-order valence-electron chi connectivity index (χ0n) is 19.3. The van der Waals surface area contributed by atoms with Crippen LogP contribution in [0.15, 0.2) is 72.8 Å². The Morgan fingerprint density at radius 1 is 0.750 bits per heavy atom. The molecule has 166 valence electrons. The monoisotopic (exact) mass is 430 g/mol. The van der Waals surface area contributed by atoms with Gasteiger partial charge in [0.1, 0.15) is 17.1 Å². The van der Waals surface area contributed by atoms with Gasteiger partial charge < -0.3 is 9.47 Å². The minimum absolute atomic E-state index is 0.0502. The third kappa shape index (κ3) is 5.85. The van der Waals surface area contributed by atoms with Crippen LogP contribution in [0, 0.1) is 5.92 Å². The van der Waals surface area contributed by atoms with E-state index in [1.54, 1.807) is 36.4 Å². The first-order valence-corrected chi connectivity index (χ1v) is 10.9. The largest absolute Gasteiger partial charge is 0.488 e. The Labute approximate surface area is 190 Å². The molecule has 0 amide bonds. The van der Waals surface area contributed by atoms with E-state index in [2.05, 4.69) is 20.8 Å². The highest BCUT2D eigenvalue weighted by atomic mass is 16.5. The van der Waals surface area contributed by atoms with Crippen molar-refractivity contribution in [3.05, 3.63) is 83.9 Å². The van der Waals surface area contributed by atoms with E-state index in [-0.39, 0.29) is 17.3 Å². The first-order valence-electron chi connectivity index (χ1n) is 10.9. The van der Waals surface area contributed by atoms with Gasteiger partial charge in [0.2, 0.25) is 0 Å². The van der Waals surface area contributed by atoms with Crippen molar-refractivity contribution in [2.45, 2.75) is 46.6 Å². The molecular weight excluding hydrogens is 400 g/mol. The molecule has 0 aromatic heterocycles. The molecule has 3 aromatic rings. The van der Waals surface area contributed by atoms with Crippen LogP contribution in [0.4, 0.5) is 0 Å². The van der Waals surface area contributed by atoms with Gasteiger partial charge in [-0.25, -0.2) is 4.79 Å². The van der Waals surface area contributed by atoms with E-state index in [0.29, 0.717) is 16.9 Å². The first kappa shape index (κ1) is 23.3. The average molecular weight is 431 g/mol. The number of carbonyl (C=O) groups is 2. The highest BCUT2D eigenvalue weighted by Crippen LogP contribution is 2.27. The second kappa shape index (κ2) is 9.82. The number of benzene rings is 3. The van der Waals surface area contributed by atoms with Crippen molar-refractivity contribution >= 4 is 11.8 Å². The second-order valence-corrected chi connectivity index (χ2v) is 8.75. The van der Waals surface area contributed by atoms with Crippen molar-refractivity contribution in [3.63, 3.8) is 0 Å². The third-order valence-corrected chi connectivity index (χ3v) is 5.43. The zero-order chi connectivity index (χ0) is 23.3. The van der Waals surface area contributed by atoms with Crippen LogP contribution < -0.4 is 9.47 Å². The lowest BCUT2D eigenvalue weighted by Crippen LogP contribution is -2.26. The molecule has 0 saturated carbocycles. The van der Waals surface area contributed by atoms with Crippen molar-refractivity contribution in [3.8, 4) is 22.6 Å². The lowest BCUT2D eigenvalue weighted by Gasteiger charge is -2.24. The average Bonchev–Trinajstić information content (AvgIpc) is 2.79.